The van der Waals surface area contributed by atoms with Crippen molar-refractivity contribution in [2.24, 2.45) is 0 Å². The molecule has 49 heavy (non-hydrogen) atoms. The van der Waals surface area contributed by atoms with Gasteiger partial charge in [0.15, 0.2) is 5.78 Å². The number of benzene rings is 4. The fraction of sp³-hybridized carbons (Fsp3) is 0.146. The number of para-hydroxylation sites is 1. The number of hydrogen-bond donors (Lipinski definition) is 2. The number of aromatic hydroxyl groups is 1. The molecule has 6 rings (SSSR count). The second-order valence-electron chi connectivity index (χ2n) is 11.8. The molecule has 0 radical (unpaired) electrons. The van der Waals surface area contributed by atoms with Gasteiger partial charge in [0.25, 0.3) is 0 Å². The Morgan fingerprint density at radius 3 is 2.16 bits per heavy atom. The first kappa shape index (κ1) is 34.2. The number of Topliss-reactive ketones (excluding diaryl/α,β-unsaturated/α-hetero) is 1. The summed E-state index contributed by atoms with van der Waals surface area (Å²) in [6.07, 6.45) is 6.23. The number of rotatable bonds is 7. The average molecular weight is 657 g/mol. The Hall–Kier alpha value is -6.15. The fourth-order valence-corrected chi connectivity index (χ4v) is 5.56. The van der Waals surface area contributed by atoms with E-state index in [0.29, 0.717) is 22.3 Å². The lowest BCUT2D eigenvalue weighted by atomic mass is 9.87. The summed E-state index contributed by atoms with van der Waals surface area (Å²) >= 11 is 0. The van der Waals surface area contributed by atoms with Gasteiger partial charge in [-0.15, -0.1) is 0 Å². The first-order valence-corrected chi connectivity index (χ1v) is 15.6. The van der Waals surface area contributed by atoms with Crippen LogP contribution in [0, 0.1) is 0 Å². The van der Waals surface area contributed by atoms with Gasteiger partial charge in [0.05, 0.1) is 18.2 Å². The Morgan fingerprint density at radius 1 is 0.898 bits per heavy atom. The molecule has 0 spiro atoms. The van der Waals surface area contributed by atoms with E-state index in [-0.39, 0.29) is 33.8 Å². The van der Waals surface area contributed by atoms with Crippen LogP contribution in [0.2, 0.25) is 0 Å². The standard InChI is InChI=1S/C26H26O6.C15H10O2/c1-6-15(2)22(29)21-23(30)20(18(14-19(27)28)16-10-8-7-9-11-16)25-17(24(21)31-5)12-13-26(3,4)32-25;16-15-10-13(11-6-2-1-3-7-11)12-8-4-5-9-14(12)17-15/h6-14,30H,1-5H3,(H,27,28);1-10H/b15-6+,18-14-;. The zero-order chi connectivity index (χ0) is 35.3. The average Bonchev–Trinajstić information content (AvgIpc) is 3.10. The predicted molar refractivity (Wildman–Crippen MR) is 191 cm³/mol. The molecule has 1 aliphatic heterocycles. The van der Waals surface area contributed by atoms with Crippen LogP contribution in [-0.2, 0) is 4.79 Å². The Balaban J connectivity index is 0.000000229. The highest BCUT2D eigenvalue weighted by Crippen LogP contribution is 2.51. The molecule has 8 heteroatoms. The number of aliphatic carboxylic acids is 1. The van der Waals surface area contributed by atoms with Gasteiger partial charge >= 0.3 is 11.6 Å². The smallest absolute Gasteiger partial charge is 0.336 e. The molecule has 0 saturated heterocycles. The van der Waals surface area contributed by atoms with Crippen molar-refractivity contribution >= 4 is 34.4 Å². The summed E-state index contributed by atoms with van der Waals surface area (Å²) in [5.41, 5.74) is 3.23. The van der Waals surface area contributed by atoms with Gasteiger partial charge in [0, 0.05) is 23.1 Å². The number of carbonyl (C=O) groups is 2. The van der Waals surface area contributed by atoms with E-state index in [9.17, 15) is 24.6 Å². The van der Waals surface area contributed by atoms with Gasteiger partial charge in [-0.2, -0.15) is 0 Å². The lowest BCUT2D eigenvalue weighted by molar-refractivity contribution is -0.131. The first-order chi connectivity index (χ1) is 23.5. The van der Waals surface area contributed by atoms with E-state index in [1.165, 1.54) is 13.2 Å². The number of phenolic OH excluding ortho intramolecular Hbond substituents is 1. The molecule has 0 atom stereocenters. The molecular formula is C41H36O8. The molecular weight excluding hydrogens is 620 g/mol. The van der Waals surface area contributed by atoms with Crippen molar-refractivity contribution in [2.75, 3.05) is 7.11 Å². The zero-order valence-electron chi connectivity index (χ0n) is 27.8. The number of fused-ring (bicyclic) bond motifs is 2. The van der Waals surface area contributed by atoms with Gasteiger partial charge in [-0.25, -0.2) is 9.59 Å². The molecule has 0 aliphatic carbocycles. The minimum atomic E-state index is -1.20. The van der Waals surface area contributed by atoms with Crippen LogP contribution in [-0.4, -0.2) is 34.7 Å². The van der Waals surface area contributed by atoms with Gasteiger partial charge in [-0.05, 0) is 68.2 Å². The molecule has 4 aromatic carbocycles. The van der Waals surface area contributed by atoms with Crippen LogP contribution in [0.4, 0.5) is 0 Å². The second-order valence-corrected chi connectivity index (χ2v) is 11.8. The molecule has 8 nitrogen and oxygen atoms in total. The van der Waals surface area contributed by atoms with Crippen molar-refractivity contribution in [3.05, 3.63) is 147 Å². The molecule has 2 N–H and O–H groups in total. The summed E-state index contributed by atoms with van der Waals surface area (Å²) in [6, 6.07) is 27.7. The summed E-state index contributed by atoms with van der Waals surface area (Å²) in [6.45, 7) is 7.04. The third kappa shape index (κ3) is 7.23. The van der Waals surface area contributed by atoms with Crippen LogP contribution < -0.4 is 15.1 Å². The number of ketones is 1. The molecule has 1 aliphatic rings. The number of phenols is 1. The van der Waals surface area contributed by atoms with E-state index in [0.717, 1.165) is 22.6 Å². The summed E-state index contributed by atoms with van der Waals surface area (Å²) in [7, 11) is 1.41. The van der Waals surface area contributed by atoms with E-state index in [4.69, 9.17) is 13.9 Å². The van der Waals surface area contributed by atoms with Crippen LogP contribution in [0.15, 0.2) is 124 Å². The highest BCUT2D eigenvalue weighted by molar-refractivity contribution is 6.15. The maximum absolute atomic E-state index is 13.2. The maximum atomic E-state index is 13.2. The van der Waals surface area contributed by atoms with Crippen molar-refractivity contribution in [3.63, 3.8) is 0 Å². The Labute approximate surface area is 283 Å². The Morgan fingerprint density at radius 2 is 1.53 bits per heavy atom. The molecule has 0 unspecified atom stereocenters. The molecule has 0 amide bonds. The van der Waals surface area contributed by atoms with E-state index in [1.807, 2.05) is 74.5 Å². The number of hydrogen-bond acceptors (Lipinski definition) is 7. The number of carboxylic acid groups (broad SMARTS) is 1. The summed E-state index contributed by atoms with van der Waals surface area (Å²) in [4.78, 5) is 36.5. The molecule has 248 valence electrons. The van der Waals surface area contributed by atoms with Gasteiger partial charge in [-0.3, -0.25) is 4.79 Å². The van der Waals surface area contributed by atoms with E-state index >= 15 is 0 Å². The molecule has 5 aromatic rings. The van der Waals surface area contributed by atoms with Crippen molar-refractivity contribution in [1.29, 1.82) is 0 Å². The van der Waals surface area contributed by atoms with Gasteiger partial charge in [0.2, 0.25) is 0 Å². The Bertz CT molecular complexity index is 2190. The molecule has 0 saturated carbocycles. The highest BCUT2D eigenvalue weighted by Gasteiger charge is 2.35. The van der Waals surface area contributed by atoms with Crippen LogP contribution in [0.3, 0.4) is 0 Å². The van der Waals surface area contributed by atoms with Crippen LogP contribution in [0.5, 0.6) is 17.2 Å². The number of carboxylic acids is 1. The highest BCUT2D eigenvalue weighted by atomic mass is 16.5. The van der Waals surface area contributed by atoms with Crippen LogP contribution >= 0.6 is 0 Å². The number of allylic oxidation sites excluding steroid dienone is 2. The largest absolute Gasteiger partial charge is 0.506 e. The second kappa shape index (κ2) is 14.3. The minimum Gasteiger partial charge on any atom is -0.506 e. The molecule has 1 aromatic heterocycles. The number of ether oxygens (including phenoxy) is 2. The third-order valence-corrected chi connectivity index (χ3v) is 8.01. The lowest BCUT2D eigenvalue weighted by Gasteiger charge is -2.32. The van der Waals surface area contributed by atoms with E-state index in [1.54, 1.807) is 56.3 Å². The van der Waals surface area contributed by atoms with Crippen molar-refractivity contribution < 1.29 is 33.7 Å². The summed E-state index contributed by atoms with van der Waals surface area (Å²) in [5.74, 6) is -1.60. The molecule has 0 bridgehead atoms. The lowest BCUT2D eigenvalue weighted by Crippen LogP contribution is -2.28. The summed E-state index contributed by atoms with van der Waals surface area (Å²) in [5, 5.41) is 22.0. The maximum Gasteiger partial charge on any atom is 0.336 e. The van der Waals surface area contributed by atoms with E-state index < -0.39 is 23.1 Å². The van der Waals surface area contributed by atoms with E-state index in [2.05, 4.69) is 0 Å². The molecule has 2 heterocycles. The fourth-order valence-electron chi connectivity index (χ4n) is 5.56. The first-order valence-electron chi connectivity index (χ1n) is 15.6. The van der Waals surface area contributed by atoms with Crippen molar-refractivity contribution in [3.8, 4) is 28.4 Å². The molecule has 0 fully saturated rings. The number of methoxy groups -OCH3 is 1. The minimum absolute atomic E-state index is 0.0444. The van der Waals surface area contributed by atoms with Gasteiger partial charge in [0.1, 0.15) is 34.0 Å². The predicted octanol–water partition coefficient (Wildman–Crippen LogP) is 8.71. The monoisotopic (exact) mass is 656 g/mol. The number of carbonyl (C=O) groups excluding carboxylic acids is 1. The van der Waals surface area contributed by atoms with Crippen LogP contribution in [0.1, 0.15) is 54.7 Å². The third-order valence-electron chi connectivity index (χ3n) is 8.01. The quantitative estimate of drug-likeness (QED) is 0.101. The SMILES string of the molecule is C/C=C(\C)C(=O)c1c(O)c(/C(=C\C(=O)O)c2ccccc2)c2c(c1OC)C=CC(C)(C)O2.O=c1cc(-c2ccccc2)c2ccccc2o1. The van der Waals surface area contributed by atoms with Crippen molar-refractivity contribution in [2.45, 2.75) is 33.3 Å². The summed E-state index contributed by atoms with van der Waals surface area (Å²) < 4.78 is 16.9. The van der Waals surface area contributed by atoms with Gasteiger partial charge in [-0.1, -0.05) is 84.9 Å². The van der Waals surface area contributed by atoms with Crippen molar-refractivity contribution in [1.82, 2.24) is 0 Å². The topological polar surface area (TPSA) is 123 Å². The van der Waals surface area contributed by atoms with Crippen LogP contribution in [0.25, 0.3) is 33.7 Å². The Kier molecular flexibility index (Phi) is 9.99. The normalized spacial score (nSPS) is 13.5. The zero-order valence-corrected chi connectivity index (χ0v) is 27.8. The van der Waals surface area contributed by atoms with Gasteiger partial charge < -0.3 is 24.1 Å².